The summed E-state index contributed by atoms with van der Waals surface area (Å²) in [4.78, 5) is 16.3. The molecule has 25 heavy (non-hydrogen) atoms. The van der Waals surface area contributed by atoms with Crippen molar-refractivity contribution in [2.45, 2.75) is 13.5 Å². The van der Waals surface area contributed by atoms with Crippen LogP contribution in [-0.4, -0.2) is 20.7 Å². The highest BCUT2D eigenvalue weighted by Gasteiger charge is 2.20. The first-order chi connectivity index (χ1) is 12.1. The molecule has 0 spiro atoms. The summed E-state index contributed by atoms with van der Waals surface area (Å²) >= 11 is 6.10. The number of halogens is 1. The van der Waals surface area contributed by atoms with E-state index < -0.39 is 5.97 Å². The van der Waals surface area contributed by atoms with Gasteiger partial charge >= 0.3 is 5.97 Å². The van der Waals surface area contributed by atoms with Crippen LogP contribution in [0.5, 0.6) is 11.5 Å². The zero-order chi connectivity index (χ0) is 17.8. The molecule has 0 radical (unpaired) electrons. The van der Waals surface area contributed by atoms with Crippen LogP contribution in [0.2, 0.25) is 5.15 Å². The zero-order valence-corrected chi connectivity index (χ0v) is 14.5. The zero-order valence-electron chi connectivity index (χ0n) is 13.8. The van der Waals surface area contributed by atoms with Crippen LogP contribution in [-0.2, 0) is 18.4 Å². The summed E-state index contributed by atoms with van der Waals surface area (Å²) in [5.74, 6) is 0.677. The number of rotatable bonds is 5. The first kappa shape index (κ1) is 17.0. The van der Waals surface area contributed by atoms with E-state index in [4.69, 9.17) is 21.1 Å². The van der Waals surface area contributed by atoms with Crippen molar-refractivity contribution in [2.24, 2.45) is 7.05 Å². The highest BCUT2D eigenvalue weighted by atomic mass is 35.5. The molecule has 3 aromatic rings. The molecule has 6 nitrogen and oxygen atoms in total. The molecule has 0 aliphatic rings. The maximum atomic E-state index is 12.3. The summed E-state index contributed by atoms with van der Waals surface area (Å²) in [6.07, 6.45) is 3.28. The molecule has 0 saturated heterocycles. The Morgan fingerprint density at radius 2 is 2.04 bits per heavy atom. The monoisotopic (exact) mass is 357 g/mol. The number of carbonyl (C=O) groups is 1. The van der Waals surface area contributed by atoms with Crippen molar-refractivity contribution in [3.63, 3.8) is 0 Å². The van der Waals surface area contributed by atoms with Gasteiger partial charge in [-0.2, -0.15) is 5.10 Å². The van der Waals surface area contributed by atoms with Gasteiger partial charge in [0.05, 0.1) is 11.9 Å². The Morgan fingerprint density at radius 1 is 1.24 bits per heavy atom. The Morgan fingerprint density at radius 3 is 2.72 bits per heavy atom. The standard InChI is InChI=1S/C18H16ClN3O3/c1-12-16(17(19)22(2)21-12)18(23)24-11-13-6-3-4-8-15(13)25-14-7-5-9-20-10-14/h3-10H,11H2,1-2H3. The van der Waals surface area contributed by atoms with Crippen molar-refractivity contribution in [2.75, 3.05) is 0 Å². The Bertz CT molecular complexity index is 894. The number of pyridine rings is 1. The quantitative estimate of drug-likeness (QED) is 0.647. The predicted molar refractivity (Wildman–Crippen MR) is 92.8 cm³/mol. The summed E-state index contributed by atoms with van der Waals surface area (Å²) in [5, 5.41) is 4.36. The molecule has 128 valence electrons. The third-order valence-electron chi connectivity index (χ3n) is 3.55. The number of ether oxygens (including phenoxy) is 2. The third-order valence-corrected chi connectivity index (χ3v) is 3.98. The lowest BCUT2D eigenvalue weighted by atomic mass is 10.2. The van der Waals surface area contributed by atoms with Crippen LogP contribution in [0.1, 0.15) is 21.6 Å². The van der Waals surface area contributed by atoms with E-state index in [9.17, 15) is 4.79 Å². The van der Waals surface area contributed by atoms with Gasteiger partial charge in [0.15, 0.2) is 0 Å². The van der Waals surface area contributed by atoms with Crippen LogP contribution in [0.15, 0.2) is 48.8 Å². The molecule has 2 aromatic heterocycles. The topological polar surface area (TPSA) is 66.2 Å². The van der Waals surface area contributed by atoms with Gasteiger partial charge in [0, 0.05) is 18.8 Å². The van der Waals surface area contributed by atoms with Gasteiger partial charge in [0.25, 0.3) is 0 Å². The van der Waals surface area contributed by atoms with E-state index in [-0.39, 0.29) is 17.3 Å². The van der Waals surface area contributed by atoms with Crippen molar-refractivity contribution < 1.29 is 14.3 Å². The van der Waals surface area contributed by atoms with Crippen molar-refractivity contribution >= 4 is 17.6 Å². The van der Waals surface area contributed by atoms with E-state index in [1.54, 1.807) is 44.6 Å². The number of hydrogen-bond acceptors (Lipinski definition) is 5. The molecule has 0 aliphatic carbocycles. The Labute approximate surface area is 150 Å². The Kier molecular flexibility index (Phi) is 5.00. The number of nitrogens with zero attached hydrogens (tertiary/aromatic N) is 3. The average molecular weight is 358 g/mol. The molecule has 0 saturated carbocycles. The second-order valence-electron chi connectivity index (χ2n) is 5.35. The summed E-state index contributed by atoms with van der Waals surface area (Å²) < 4.78 is 12.6. The Balaban J connectivity index is 1.74. The molecule has 0 atom stereocenters. The predicted octanol–water partition coefficient (Wildman–Crippen LogP) is 3.93. The van der Waals surface area contributed by atoms with E-state index in [1.165, 1.54) is 4.68 Å². The van der Waals surface area contributed by atoms with Gasteiger partial charge in [-0.3, -0.25) is 9.67 Å². The van der Waals surface area contributed by atoms with Gasteiger partial charge in [-0.25, -0.2) is 4.79 Å². The number of hydrogen-bond donors (Lipinski definition) is 0. The number of benzene rings is 1. The van der Waals surface area contributed by atoms with Crippen molar-refractivity contribution in [1.29, 1.82) is 0 Å². The van der Waals surface area contributed by atoms with E-state index in [0.717, 1.165) is 5.56 Å². The minimum atomic E-state index is -0.521. The number of esters is 1. The molecule has 2 heterocycles. The van der Waals surface area contributed by atoms with Gasteiger partial charge in [0.1, 0.15) is 28.8 Å². The highest BCUT2D eigenvalue weighted by molar-refractivity contribution is 6.32. The minimum absolute atomic E-state index is 0.0555. The van der Waals surface area contributed by atoms with Crippen LogP contribution in [0.3, 0.4) is 0 Å². The number of aromatic nitrogens is 3. The normalized spacial score (nSPS) is 10.5. The van der Waals surface area contributed by atoms with Crippen LogP contribution >= 0.6 is 11.6 Å². The fourth-order valence-electron chi connectivity index (χ4n) is 2.33. The van der Waals surface area contributed by atoms with Crippen LogP contribution in [0.25, 0.3) is 0 Å². The maximum absolute atomic E-state index is 12.3. The molecule has 0 bridgehead atoms. The third kappa shape index (κ3) is 3.80. The molecule has 1 aromatic carbocycles. The summed E-state index contributed by atoms with van der Waals surface area (Å²) in [6, 6.07) is 10.9. The van der Waals surface area contributed by atoms with Gasteiger partial charge in [-0.15, -0.1) is 0 Å². The molecule has 7 heteroatoms. The van der Waals surface area contributed by atoms with E-state index in [1.807, 2.05) is 18.2 Å². The first-order valence-electron chi connectivity index (χ1n) is 7.58. The smallest absolute Gasteiger partial charge is 0.343 e. The van der Waals surface area contributed by atoms with E-state index >= 15 is 0 Å². The van der Waals surface area contributed by atoms with Gasteiger partial charge in [-0.1, -0.05) is 29.8 Å². The lowest BCUT2D eigenvalue weighted by Crippen LogP contribution is -2.07. The number of aryl methyl sites for hydroxylation is 2. The van der Waals surface area contributed by atoms with Crippen LogP contribution in [0, 0.1) is 6.92 Å². The van der Waals surface area contributed by atoms with Crippen molar-refractivity contribution in [3.05, 3.63) is 70.8 Å². The molecule has 0 fully saturated rings. The summed E-state index contributed by atoms with van der Waals surface area (Å²) in [5.41, 5.74) is 1.53. The van der Waals surface area contributed by atoms with Gasteiger partial charge in [-0.05, 0) is 25.1 Å². The second kappa shape index (κ2) is 7.36. The van der Waals surface area contributed by atoms with Gasteiger partial charge in [0.2, 0.25) is 0 Å². The highest BCUT2D eigenvalue weighted by Crippen LogP contribution is 2.26. The molecule has 0 aliphatic heterocycles. The fourth-order valence-corrected chi connectivity index (χ4v) is 2.59. The molecule has 0 unspecified atom stereocenters. The molecular weight excluding hydrogens is 342 g/mol. The number of para-hydroxylation sites is 1. The second-order valence-corrected chi connectivity index (χ2v) is 5.71. The maximum Gasteiger partial charge on any atom is 0.343 e. The molecule has 0 N–H and O–H groups in total. The van der Waals surface area contributed by atoms with Crippen molar-refractivity contribution in [1.82, 2.24) is 14.8 Å². The average Bonchev–Trinajstić information content (AvgIpc) is 2.87. The lowest BCUT2D eigenvalue weighted by Gasteiger charge is -2.11. The Hall–Kier alpha value is -2.86. The summed E-state index contributed by atoms with van der Waals surface area (Å²) in [6.45, 7) is 1.77. The largest absolute Gasteiger partial charge is 0.457 e. The summed E-state index contributed by atoms with van der Waals surface area (Å²) in [7, 11) is 1.67. The lowest BCUT2D eigenvalue weighted by molar-refractivity contribution is 0.0470. The van der Waals surface area contributed by atoms with Crippen LogP contribution in [0.4, 0.5) is 0 Å². The van der Waals surface area contributed by atoms with Crippen LogP contribution < -0.4 is 4.74 Å². The molecule has 0 amide bonds. The first-order valence-corrected chi connectivity index (χ1v) is 7.96. The van der Waals surface area contributed by atoms with E-state index in [2.05, 4.69) is 10.1 Å². The number of carbonyl (C=O) groups excluding carboxylic acids is 1. The molecular formula is C18H16ClN3O3. The fraction of sp³-hybridized carbons (Fsp3) is 0.167. The van der Waals surface area contributed by atoms with Gasteiger partial charge < -0.3 is 9.47 Å². The molecule has 3 rings (SSSR count). The minimum Gasteiger partial charge on any atom is -0.457 e. The SMILES string of the molecule is Cc1nn(C)c(Cl)c1C(=O)OCc1ccccc1Oc1cccnc1. The van der Waals surface area contributed by atoms with Crippen molar-refractivity contribution in [3.8, 4) is 11.5 Å². The van der Waals surface area contributed by atoms with E-state index in [0.29, 0.717) is 17.2 Å².